The summed E-state index contributed by atoms with van der Waals surface area (Å²) >= 11 is 0. The number of hydrogen-bond donors (Lipinski definition) is 0. The standard InChI is InChI=1S/C29H32O9/c1-19(2)27(30)36-15-13-34-24-10-7-22(8-11-24)23-9-12-25(35-14-16-37-28(31)20(3)4)26(17-23)38-29(32)21(5)18-33-6/h7-12,17H,1,3,5,13-16,18H2,2,4,6H3. The summed E-state index contributed by atoms with van der Waals surface area (Å²) in [4.78, 5) is 35.4. The zero-order valence-electron chi connectivity index (χ0n) is 21.9. The van der Waals surface area contributed by atoms with Crippen LogP contribution in [0.5, 0.6) is 17.2 Å². The van der Waals surface area contributed by atoms with E-state index in [1.165, 1.54) is 7.11 Å². The maximum absolute atomic E-state index is 12.5. The molecule has 0 saturated carbocycles. The molecule has 0 saturated heterocycles. The Hall–Kier alpha value is -4.37. The summed E-state index contributed by atoms with van der Waals surface area (Å²) in [5, 5.41) is 0. The SMILES string of the molecule is C=C(C)C(=O)OCCOc1ccc(-c2ccc(OCCOC(=O)C(=C)C)c(OC(=O)C(=C)COC)c2)cc1. The van der Waals surface area contributed by atoms with Gasteiger partial charge in [0.1, 0.15) is 32.2 Å². The normalized spacial score (nSPS) is 10.2. The van der Waals surface area contributed by atoms with Gasteiger partial charge >= 0.3 is 17.9 Å². The number of hydrogen-bond acceptors (Lipinski definition) is 9. The van der Waals surface area contributed by atoms with E-state index in [0.717, 1.165) is 11.1 Å². The number of methoxy groups -OCH3 is 1. The molecule has 2 aromatic rings. The quantitative estimate of drug-likeness (QED) is 0.144. The Morgan fingerprint density at radius 2 is 1.24 bits per heavy atom. The second-order valence-corrected chi connectivity index (χ2v) is 8.14. The highest BCUT2D eigenvalue weighted by Crippen LogP contribution is 2.34. The van der Waals surface area contributed by atoms with Gasteiger partial charge in [0.2, 0.25) is 0 Å². The van der Waals surface area contributed by atoms with E-state index in [1.54, 1.807) is 44.2 Å². The monoisotopic (exact) mass is 524 g/mol. The first-order valence-electron chi connectivity index (χ1n) is 11.7. The molecule has 0 bridgehead atoms. The summed E-state index contributed by atoms with van der Waals surface area (Å²) < 4.78 is 31.8. The van der Waals surface area contributed by atoms with Crippen LogP contribution in [0.15, 0.2) is 78.9 Å². The first-order valence-corrected chi connectivity index (χ1v) is 11.7. The molecule has 0 aliphatic rings. The molecule has 202 valence electrons. The van der Waals surface area contributed by atoms with Crippen molar-refractivity contribution in [1.29, 1.82) is 0 Å². The largest absolute Gasteiger partial charge is 0.490 e. The Labute approximate surface area is 222 Å². The van der Waals surface area contributed by atoms with Crippen molar-refractivity contribution in [1.82, 2.24) is 0 Å². The van der Waals surface area contributed by atoms with Crippen LogP contribution in [0.1, 0.15) is 13.8 Å². The molecule has 0 atom stereocenters. The molecule has 0 aromatic heterocycles. The maximum Gasteiger partial charge on any atom is 0.341 e. The van der Waals surface area contributed by atoms with Gasteiger partial charge in [-0.2, -0.15) is 0 Å². The van der Waals surface area contributed by atoms with Crippen molar-refractivity contribution in [3.8, 4) is 28.4 Å². The molecule has 9 nitrogen and oxygen atoms in total. The molecule has 0 aliphatic carbocycles. The number of carbonyl (C=O) groups is 3. The van der Waals surface area contributed by atoms with Crippen LogP contribution in [0.25, 0.3) is 11.1 Å². The van der Waals surface area contributed by atoms with Gasteiger partial charge < -0.3 is 28.4 Å². The minimum atomic E-state index is -0.668. The maximum atomic E-state index is 12.5. The van der Waals surface area contributed by atoms with Crippen LogP contribution >= 0.6 is 0 Å². The van der Waals surface area contributed by atoms with Crippen molar-refractivity contribution < 1.29 is 42.8 Å². The Balaban J connectivity index is 2.11. The molecule has 0 heterocycles. The lowest BCUT2D eigenvalue weighted by Crippen LogP contribution is -2.16. The first kappa shape index (κ1) is 29.9. The van der Waals surface area contributed by atoms with Crippen molar-refractivity contribution >= 4 is 17.9 Å². The lowest BCUT2D eigenvalue weighted by atomic mass is 10.0. The van der Waals surface area contributed by atoms with Gasteiger partial charge in [-0.3, -0.25) is 0 Å². The lowest BCUT2D eigenvalue weighted by Gasteiger charge is -2.14. The summed E-state index contributed by atoms with van der Waals surface area (Å²) in [6, 6.07) is 12.3. The molecule has 0 unspecified atom stereocenters. The molecule has 0 amide bonds. The molecular formula is C29H32O9. The van der Waals surface area contributed by atoms with Gasteiger partial charge in [0.05, 0.1) is 12.2 Å². The molecule has 2 aromatic carbocycles. The number of rotatable bonds is 15. The van der Waals surface area contributed by atoms with E-state index in [0.29, 0.717) is 11.3 Å². The van der Waals surface area contributed by atoms with Gasteiger partial charge in [0, 0.05) is 18.3 Å². The van der Waals surface area contributed by atoms with Gasteiger partial charge in [-0.25, -0.2) is 14.4 Å². The molecule has 0 radical (unpaired) electrons. The minimum Gasteiger partial charge on any atom is -0.490 e. The topological polar surface area (TPSA) is 107 Å². The second kappa shape index (κ2) is 15.0. The summed E-state index contributed by atoms with van der Waals surface area (Å²) in [5.74, 6) is -0.623. The fourth-order valence-electron chi connectivity index (χ4n) is 2.86. The third-order valence-electron chi connectivity index (χ3n) is 4.80. The lowest BCUT2D eigenvalue weighted by molar-refractivity contribution is -0.140. The number of benzene rings is 2. The molecule has 0 fully saturated rings. The molecule has 0 spiro atoms. The predicted molar refractivity (Wildman–Crippen MR) is 141 cm³/mol. The van der Waals surface area contributed by atoms with E-state index < -0.39 is 17.9 Å². The van der Waals surface area contributed by atoms with Crippen molar-refractivity contribution in [3.63, 3.8) is 0 Å². The Bertz CT molecular complexity index is 1180. The van der Waals surface area contributed by atoms with Crippen LogP contribution in [0, 0.1) is 0 Å². The highest BCUT2D eigenvalue weighted by molar-refractivity contribution is 5.90. The molecular weight excluding hydrogens is 492 g/mol. The average Bonchev–Trinajstić information content (AvgIpc) is 2.89. The van der Waals surface area contributed by atoms with E-state index in [4.69, 9.17) is 28.4 Å². The van der Waals surface area contributed by atoms with Crippen molar-refractivity contribution in [3.05, 3.63) is 78.9 Å². The fourth-order valence-corrected chi connectivity index (χ4v) is 2.86. The smallest absolute Gasteiger partial charge is 0.341 e. The van der Waals surface area contributed by atoms with Crippen molar-refractivity contribution in [2.75, 3.05) is 40.1 Å². The number of esters is 3. The van der Waals surface area contributed by atoms with Gasteiger partial charge in [-0.1, -0.05) is 37.9 Å². The van der Waals surface area contributed by atoms with E-state index in [1.807, 2.05) is 12.1 Å². The van der Waals surface area contributed by atoms with E-state index in [-0.39, 0.29) is 55.7 Å². The number of carbonyl (C=O) groups excluding carboxylic acids is 3. The fraction of sp³-hybridized carbons (Fsp3) is 0.276. The van der Waals surface area contributed by atoms with Gasteiger partial charge in [0.25, 0.3) is 0 Å². The summed E-state index contributed by atoms with van der Waals surface area (Å²) in [5.41, 5.74) is 2.30. The zero-order chi connectivity index (χ0) is 28.1. The molecule has 0 aliphatic heterocycles. The minimum absolute atomic E-state index is 0.00886. The van der Waals surface area contributed by atoms with Crippen LogP contribution in [0.3, 0.4) is 0 Å². The highest BCUT2D eigenvalue weighted by Gasteiger charge is 2.16. The Morgan fingerprint density at radius 1 is 0.684 bits per heavy atom. The predicted octanol–water partition coefficient (Wildman–Crippen LogP) is 4.46. The Kier molecular flexibility index (Phi) is 11.8. The number of ether oxygens (including phenoxy) is 6. The summed E-state index contributed by atoms with van der Waals surface area (Å²) in [7, 11) is 1.45. The zero-order valence-corrected chi connectivity index (χ0v) is 21.9. The highest BCUT2D eigenvalue weighted by atomic mass is 16.6. The van der Waals surface area contributed by atoms with E-state index >= 15 is 0 Å². The van der Waals surface area contributed by atoms with Crippen molar-refractivity contribution in [2.24, 2.45) is 0 Å². The molecule has 2 rings (SSSR count). The van der Waals surface area contributed by atoms with Crippen LogP contribution in [0.4, 0.5) is 0 Å². The summed E-state index contributed by atoms with van der Waals surface area (Å²) in [6.07, 6.45) is 0. The molecule has 0 N–H and O–H groups in total. The van der Waals surface area contributed by atoms with Gasteiger partial charge in [0.15, 0.2) is 11.5 Å². The van der Waals surface area contributed by atoms with Crippen LogP contribution in [0.2, 0.25) is 0 Å². The molecule has 9 heteroatoms. The van der Waals surface area contributed by atoms with E-state index in [9.17, 15) is 14.4 Å². The summed E-state index contributed by atoms with van der Waals surface area (Å²) in [6.45, 7) is 14.2. The third kappa shape index (κ3) is 9.59. The molecule has 38 heavy (non-hydrogen) atoms. The van der Waals surface area contributed by atoms with Gasteiger partial charge in [-0.05, 0) is 49.2 Å². The average molecular weight is 525 g/mol. The van der Waals surface area contributed by atoms with Crippen molar-refractivity contribution in [2.45, 2.75) is 13.8 Å². The van der Waals surface area contributed by atoms with E-state index in [2.05, 4.69) is 19.7 Å². The Morgan fingerprint density at radius 3 is 1.79 bits per heavy atom. The third-order valence-corrected chi connectivity index (χ3v) is 4.80. The van der Waals surface area contributed by atoms with Gasteiger partial charge in [-0.15, -0.1) is 0 Å². The first-order chi connectivity index (χ1) is 18.1. The second-order valence-electron chi connectivity index (χ2n) is 8.14. The van der Waals surface area contributed by atoms with Crippen LogP contribution in [-0.4, -0.2) is 58.1 Å². The van der Waals surface area contributed by atoms with Crippen LogP contribution < -0.4 is 14.2 Å². The van der Waals surface area contributed by atoms with Crippen LogP contribution in [-0.2, 0) is 28.6 Å².